The summed E-state index contributed by atoms with van der Waals surface area (Å²) in [4.78, 5) is 8.27. The number of piperazine rings is 1. The van der Waals surface area contributed by atoms with Crippen molar-refractivity contribution < 1.29 is 0 Å². The van der Waals surface area contributed by atoms with E-state index in [1.807, 2.05) is 6.20 Å². The van der Waals surface area contributed by atoms with Crippen molar-refractivity contribution in [1.82, 2.24) is 14.8 Å². The summed E-state index contributed by atoms with van der Waals surface area (Å²) in [7, 11) is 0. The smallest absolute Gasteiger partial charge is 0.0386 e. The zero-order chi connectivity index (χ0) is 9.80. The largest absolute Gasteiger partial charge is 0.364 e. The van der Waals surface area contributed by atoms with Crippen molar-refractivity contribution >= 4 is 0 Å². The third-order valence-electron chi connectivity index (χ3n) is 2.97. The molecule has 2 heterocycles. The number of aromatic nitrogens is 1. The van der Waals surface area contributed by atoms with Crippen LogP contribution in [0.3, 0.4) is 0 Å². The van der Waals surface area contributed by atoms with E-state index in [1.54, 1.807) is 0 Å². The van der Waals surface area contributed by atoms with E-state index >= 15 is 0 Å². The number of likely N-dealkylation sites (N-methyl/N-ethyl adjacent to an activating group) is 1. The summed E-state index contributed by atoms with van der Waals surface area (Å²) in [5.74, 6) is 0. The maximum atomic E-state index is 3.25. The van der Waals surface area contributed by atoms with Crippen molar-refractivity contribution in [2.45, 2.75) is 13.5 Å². The molecular weight excluding hydrogens is 174 g/mol. The van der Waals surface area contributed by atoms with Gasteiger partial charge in [-0.3, -0.25) is 4.90 Å². The molecule has 0 aromatic carbocycles. The van der Waals surface area contributed by atoms with E-state index in [-0.39, 0.29) is 0 Å². The predicted molar refractivity (Wildman–Crippen MR) is 58.2 cm³/mol. The molecule has 1 aromatic heterocycles. The lowest BCUT2D eigenvalue weighted by atomic mass is 10.3. The van der Waals surface area contributed by atoms with Crippen molar-refractivity contribution in [3.05, 3.63) is 24.0 Å². The highest BCUT2D eigenvalue weighted by Gasteiger charge is 2.15. The van der Waals surface area contributed by atoms with Crippen LogP contribution in [0.5, 0.6) is 0 Å². The van der Waals surface area contributed by atoms with Gasteiger partial charge in [-0.1, -0.05) is 6.92 Å². The molecule has 0 amide bonds. The van der Waals surface area contributed by atoms with Crippen LogP contribution in [-0.4, -0.2) is 47.5 Å². The summed E-state index contributed by atoms with van der Waals surface area (Å²) < 4.78 is 0. The molecule has 1 aliphatic heterocycles. The van der Waals surface area contributed by atoms with Crippen LogP contribution < -0.4 is 0 Å². The first-order chi connectivity index (χ1) is 6.88. The molecule has 1 aliphatic rings. The molecule has 0 radical (unpaired) electrons. The second-order valence-corrected chi connectivity index (χ2v) is 3.91. The second-order valence-electron chi connectivity index (χ2n) is 3.91. The van der Waals surface area contributed by atoms with Gasteiger partial charge in [0.2, 0.25) is 0 Å². The van der Waals surface area contributed by atoms with E-state index in [0.717, 1.165) is 6.54 Å². The van der Waals surface area contributed by atoms with Gasteiger partial charge in [0, 0.05) is 44.6 Å². The molecule has 0 aliphatic carbocycles. The lowest BCUT2D eigenvalue weighted by Crippen LogP contribution is -2.45. The summed E-state index contributed by atoms with van der Waals surface area (Å²) in [5.41, 5.74) is 1.33. The molecule has 3 heteroatoms. The Morgan fingerprint density at radius 2 is 1.93 bits per heavy atom. The fourth-order valence-electron chi connectivity index (χ4n) is 1.97. The summed E-state index contributed by atoms with van der Waals surface area (Å²) in [6, 6.07) is 4.23. The molecule has 1 saturated heterocycles. The maximum Gasteiger partial charge on any atom is 0.0386 e. The van der Waals surface area contributed by atoms with Crippen molar-refractivity contribution in [2.24, 2.45) is 0 Å². The van der Waals surface area contributed by atoms with E-state index in [2.05, 4.69) is 33.8 Å². The molecule has 0 saturated carbocycles. The Hall–Kier alpha value is -0.800. The highest BCUT2D eigenvalue weighted by molar-refractivity contribution is 5.03. The van der Waals surface area contributed by atoms with Crippen molar-refractivity contribution in [2.75, 3.05) is 32.7 Å². The Balaban J connectivity index is 1.79. The Bertz CT molecular complexity index is 248. The number of H-pyrrole nitrogens is 1. The normalized spacial score (nSPS) is 20.1. The molecule has 2 rings (SSSR count). The van der Waals surface area contributed by atoms with Crippen molar-refractivity contribution in [3.63, 3.8) is 0 Å². The van der Waals surface area contributed by atoms with E-state index in [9.17, 15) is 0 Å². The van der Waals surface area contributed by atoms with Gasteiger partial charge in [0.05, 0.1) is 0 Å². The van der Waals surface area contributed by atoms with E-state index in [0.29, 0.717) is 0 Å². The average Bonchev–Trinajstić information content (AvgIpc) is 2.72. The Morgan fingerprint density at radius 3 is 2.50 bits per heavy atom. The Kier molecular flexibility index (Phi) is 3.22. The lowest BCUT2D eigenvalue weighted by Gasteiger charge is -2.33. The van der Waals surface area contributed by atoms with Gasteiger partial charge in [-0.2, -0.15) is 0 Å². The molecular formula is C11H19N3. The fraction of sp³-hybridized carbons (Fsp3) is 0.636. The monoisotopic (exact) mass is 193 g/mol. The summed E-state index contributed by atoms with van der Waals surface area (Å²) in [6.07, 6.45) is 2.00. The number of rotatable bonds is 3. The van der Waals surface area contributed by atoms with Crippen molar-refractivity contribution in [1.29, 1.82) is 0 Å². The molecule has 78 valence electrons. The van der Waals surface area contributed by atoms with Gasteiger partial charge in [0.15, 0.2) is 0 Å². The third kappa shape index (κ3) is 2.36. The van der Waals surface area contributed by atoms with Crippen LogP contribution in [0, 0.1) is 0 Å². The minimum absolute atomic E-state index is 1.07. The van der Waals surface area contributed by atoms with Gasteiger partial charge in [-0.05, 0) is 18.7 Å². The second kappa shape index (κ2) is 4.62. The first-order valence-electron chi connectivity index (χ1n) is 5.45. The topological polar surface area (TPSA) is 22.3 Å². The SMILES string of the molecule is CCN1CCN(Cc2ccc[nH]2)CC1. The summed E-state index contributed by atoms with van der Waals surface area (Å²) in [6.45, 7) is 9.34. The lowest BCUT2D eigenvalue weighted by molar-refractivity contribution is 0.131. The number of nitrogens with one attached hydrogen (secondary N) is 1. The molecule has 0 bridgehead atoms. The number of nitrogens with zero attached hydrogens (tertiary/aromatic N) is 2. The van der Waals surface area contributed by atoms with Gasteiger partial charge < -0.3 is 9.88 Å². The molecule has 1 fully saturated rings. The van der Waals surface area contributed by atoms with Gasteiger partial charge in [0.25, 0.3) is 0 Å². The van der Waals surface area contributed by atoms with Crippen LogP contribution in [0.1, 0.15) is 12.6 Å². The Labute approximate surface area is 85.7 Å². The van der Waals surface area contributed by atoms with Crippen LogP contribution >= 0.6 is 0 Å². The summed E-state index contributed by atoms with van der Waals surface area (Å²) in [5, 5.41) is 0. The minimum atomic E-state index is 1.07. The standard InChI is InChI=1S/C11H19N3/c1-2-13-6-8-14(9-7-13)10-11-4-3-5-12-11/h3-5,12H,2,6-10H2,1H3. The van der Waals surface area contributed by atoms with Crippen LogP contribution in [0.4, 0.5) is 0 Å². The van der Waals surface area contributed by atoms with Gasteiger partial charge in [-0.15, -0.1) is 0 Å². The summed E-state index contributed by atoms with van der Waals surface area (Å²) >= 11 is 0. The molecule has 14 heavy (non-hydrogen) atoms. The zero-order valence-corrected chi connectivity index (χ0v) is 8.87. The molecule has 0 atom stereocenters. The zero-order valence-electron chi connectivity index (χ0n) is 8.87. The van der Waals surface area contributed by atoms with Crippen LogP contribution in [-0.2, 0) is 6.54 Å². The molecule has 1 N–H and O–H groups in total. The van der Waals surface area contributed by atoms with Gasteiger partial charge >= 0.3 is 0 Å². The van der Waals surface area contributed by atoms with Gasteiger partial charge in [0.1, 0.15) is 0 Å². The van der Waals surface area contributed by atoms with Crippen LogP contribution in [0.2, 0.25) is 0 Å². The van der Waals surface area contributed by atoms with Crippen molar-refractivity contribution in [3.8, 4) is 0 Å². The van der Waals surface area contributed by atoms with E-state index in [4.69, 9.17) is 0 Å². The number of hydrogen-bond acceptors (Lipinski definition) is 2. The fourth-order valence-corrected chi connectivity index (χ4v) is 1.97. The third-order valence-corrected chi connectivity index (χ3v) is 2.97. The quantitative estimate of drug-likeness (QED) is 0.778. The molecule has 0 spiro atoms. The highest BCUT2D eigenvalue weighted by Crippen LogP contribution is 2.06. The van der Waals surface area contributed by atoms with Gasteiger partial charge in [-0.25, -0.2) is 0 Å². The molecule has 1 aromatic rings. The van der Waals surface area contributed by atoms with E-state index in [1.165, 1.54) is 38.4 Å². The Morgan fingerprint density at radius 1 is 1.21 bits per heavy atom. The number of aromatic amines is 1. The first kappa shape index (κ1) is 9.74. The predicted octanol–water partition coefficient (Wildman–Crippen LogP) is 1.15. The molecule has 3 nitrogen and oxygen atoms in total. The average molecular weight is 193 g/mol. The molecule has 0 unspecified atom stereocenters. The number of hydrogen-bond donors (Lipinski definition) is 1. The van der Waals surface area contributed by atoms with E-state index < -0.39 is 0 Å². The highest BCUT2D eigenvalue weighted by atomic mass is 15.3. The minimum Gasteiger partial charge on any atom is -0.364 e. The van der Waals surface area contributed by atoms with Crippen LogP contribution in [0.15, 0.2) is 18.3 Å². The van der Waals surface area contributed by atoms with Crippen LogP contribution in [0.25, 0.3) is 0 Å². The first-order valence-corrected chi connectivity index (χ1v) is 5.45. The maximum absolute atomic E-state index is 3.25.